The van der Waals surface area contributed by atoms with Crippen LogP contribution >= 0.6 is 15.9 Å². The molecule has 0 unspecified atom stereocenters. The van der Waals surface area contributed by atoms with E-state index in [-0.39, 0.29) is 0 Å². The maximum atomic E-state index is 8.68. The highest BCUT2D eigenvalue weighted by atomic mass is 79.9. The minimum absolute atomic E-state index is 0.446. The Morgan fingerprint density at radius 3 is 3.00 bits per heavy atom. The van der Waals surface area contributed by atoms with Crippen molar-refractivity contribution in [3.63, 3.8) is 0 Å². The molecule has 0 fully saturated rings. The molecule has 0 amide bonds. The molecule has 0 saturated carbocycles. The molecule has 0 aliphatic heterocycles. The van der Waals surface area contributed by atoms with E-state index in [1.165, 1.54) is 5.56 Å². The number of hydrogen-bond donors (Lipinski definition) is 1. The third kappa shape index (κ3) is 1.32. The van der Waals surface area contributed by atoms with Crippen LogP contribution in [0.5, 0.6) is 0 Å². The predicted octanol–water partition coefficient (Wildman–Crippen LogP) is 3.30. The quantitative estimate of drug-likeness (QED) is 0.827. The maximum Gasteiger partial charge on any atom is 0.0670 e. The van der Waals surface area contributed by atoms with Gasteiger partial charge in [0.2, 0.25) is 0 Å². The first kappa shape index (κ1) is 9.29. The van der Waals surface area contributed by atoms with Crippen LogP contribution in [0.3, 0.4) is 0 Å². The second-order valence-corrected chi connectivity index (χ2v) is 4.06. The first-order valence-corrected chi connectivity index (χ1v) is 5.15. The molecule has 2 aromatic rings. The zero-order valence-electron chi connectivity index (χ0n) is 7.76. The Hall–Kier alpha value is -1.27. The van der Waals surface area contributed by atoms with Crippen LogP contribution in [-0.2, 0) is 6.42 Å². The number of nitrogens with one attached hydrogen (secondary N) is 1. The molecule has 0 aliphatic rings. The lowest BCUT2D eigenvalue weighted by Gasteiger charge is -2.00. The van der Waals surface area contributed by atoms with Crippen molar-refractivity contribution in [3.05, 3.63) is 33.9 Å². The zero-order chi connectivity index (χ0) is 10.1. The lowest BCUT2D eigenvalue weighted by molar-refractivity contribution is 1.27. The Labute approximate surface area is 90.7 Å². The SMILES string of the molecule is Cc1ccc2[nH]cc(CC#N)c2c1Br. The summed E-state index contributed by atoms with van der Waals surface area (Å²) < 4.78 is 1.08. The molecule has 0 saturated heterocycles. The second-order valence-electron chi connectivity index (χ2n) is 3.27. The van der Waals surface area contributed by atoms with Crippen LogP contribution < -0.4 is 0 Å². The number of nitriles is 1. The summed E-state index contributed by atoms with van der Waals surface area (Å²) >= 11 is 3.55. The summed E-state index contributed by atoms with van der Waals surface area (Å²) in [4.78, 5) is 3.16. The number of aromatic nitrogens is 1. The molecule has 1 aromatic carbocycles. The van der Waals surface area contributed by atoms with E-state index < -0.39 is 0 Å². The van der Waals surface area contributed by atoms with E-state index in [0.717, 1.165) is 20.9 Å². The molecular formula is C11H9BrN2. The van der Waals surface area contributed by atoms with E-state index in [1.54, 1.807) is 0 Å². The highest BCUT2D eigenvalue weighted by molar-refractivity contribution is 9.10. The van der Waals surface area contributed by atoms with E-state index in [2.05, 4.69) is 33.0 Å². The molecular weight excluding hydrogens is 240 g/mol. The van der Waals surface area contributed by atoms with E-state index in [9.17, 15) is 0 Å². The van der Waals surface area contributed by atoms with Gasteiger partial charge in [0, 0.05) is 21.6 Å². The van der Waals surface area contributed by atoms with Gasteiger partial charge in [-0.05, 0) is 40.0 Å². The van der Waals surface area contributed by atoms with E-state index in [0.29, 0.717) is 6.42 Å². The highest BCUT2D eigenvalue weighted by Crippen LogP contribution is 2.30. The summed E-state index contributed by atoms with van der Waals surface area (Å²) in [7, 11) is 0. The van der Waals surface area contributed by atoms with Crippen LogP contribution in [0.2, 0.25) is 0 Å². The van der Waals surface area contributed by atoms with Gasteiger partial charge in [0.05, 0.1) is 12.5 Å². The van der Waals surface area contributed by atoms with Gasteiger partial charge in [0.1, 0.15) is 0 Å². The number of hydrogen-bond acceptors (Lipinski definition) is 1. The summed E-state index contributed by atoms with van der Waals surface area (Å²) in [5, 5.41) is 9.81. The Bertz CT molecular complexity index is 520. The van der Waals surface area contributed by atoms with Gasteiger partial charge in [-0.1, -0.05) is 6.07 Å². The fraction of sp³-hybridized carbons (Fsp3) is 0.182. The van der Waals surface area contributed by atoms with Gasteiger partial charge >= 0.3 is 0 Å². The second kappa shape index (κ2) is 3.47. The van der Waals surface area contributed by atoms with Crippen molar-refractivity contribution >= 4 is 26.8 Å². The monoisotopic (exact) mass is 248 g/mol. The van der Waals surface area contributed by atoms with Crippen molar-refractivity contribution in [1.82, 2.24) is 4.98 Å². The normalized spacial score (nSPS) is 10.4. The van der Waals surface area contributed by atoms with Crippen molar-refractivity contribution < 1.29 is 0 Å². The minimum Gasteiger partial charge on any atom is -0.361 e. The summed E-state index contributed by atoms with van der Waals surface area (Å²) in [5.41, 5.74) is 3.32. The Morgan fingerprint density at radius 2 is 2.29 bits per heavy atom. The molecule has 2 rings (SSSR count). The van der Waals surface area contributed by atoms with Crippen molar-refractivity contribution in [1.29, 1.82) is 5.26 Å². The third-order valence-corrected chi connectivity index (χ3v) is 3.35. The Balaban J connectivity index is 2.77. The van der Waals surface area contributed by atoms with Gasteiger partial charge in [-0.15, -0.1) is 0 Å². The minimum atomic E-state index is 0.446. The molecule has 1 heterocycles. The number of nitrogens with zero attached hydrogens (tertiary/aromatic N) is 1. The average molecular weight is 249 g/mol. The number of H-pyrrole nitrogens is 1. The molecule has 1 N–H and O–H groups in total. The van der Waals surface area contributed by atoms with Crippen LogP contribution in [0.15, 0.2) is 22.8 Å². The number of fused-ring (bicyclic) bond motifs is 1. The first-order valence-electron chi connectivity index (χ1n) is 4.36. The van der Waals surface area contributed by atoms with E-state index >= 15 is 0 Å². The molecule has 2 nitrogen and oxygen atoms in total. The Kier molecular flexibility index (Phi) is 2.30. The standard InChI is InChI=1S/C11H9BrN2/c1-7-2-3-9-10(11(7)12)8(4-5-13)6-14-9/h2-3,6,14H,4H2,1H3. The largest absolute Gasteiger partial charge is 0.361 e. The lowest BCUT2D eigenvalue weighted by Crippen LogP contribution is -1.81. The van der Waals surface area contributed by atoms with Crippen LogP contribution in [-0.4, -0.2) is 4.98 Å². The van der Waals surface area contributed by atoms with Gasteiger partial charge < -0.3 is 4.98 Å². The van der Waals surface area contributed by atoms with Crippen LogP contribution in [0.1, 0.15) is 11.1 Å². The number of aromatic amines is 1. The van der Waals surface area contributed by atoms with E-state index in [4.69, 9.17) is 5.26 Å². The number of aryl methyl sites for hydroxylation is 1. The number of rotatable bonds is 1. The number of halogens is 1. The zero-order valence-corrected chi connectivity index (χ0v) is 9.35. The van der Waals surface area contributed by atoms with Crippen LogP contribution in [0, 0.1) is 18.3 Å². The van der Waals surface area contributed by atoms with E-state index in [1.807, 2.05) is 19.2 Å². The molecule has 0 radical (unpaired) electrons. The summed E-state index contributed by atoms with van der Waals surface area (Å²) in [6, 6.07) is 6.26. The Morgan fingerprint density at radius 1 is 1.50 bits per heavy atom. The summed E-state index contributed by atoms with van der Waals surface area (Å²) in [6.07, 6.45) is 2.35. The molecule has 14 heavy (non-hydrogen) atoms. The molecule has 0 atom stereocenters. The van der Waals surface area contributed by atoms with Gasteiger partial charge in [-0.2, -0.15) is 5.26 Å². The van der Waals surface area contributed by atoms with Crippen molar-refractivity contribution in [2.24, 2.45) is 0 Å². The fourth-order valence-electron chi connectivity index (χ4n) is 1.58. The molecule has 3 heteroatoms. The van der Waals surface area contributed by atoms with Crippen molar-refractivity contribution in [2.45, 2.75) is 13.3 Å². The molecule has 0 bridgehead atoms. The molecule has 0 aliphatic carbocycles. The van der Waals surface area contributed by atoms with Crippen molar-refractivity contribution in [3.8, 4) is 6.07 Å². The molecule has 0 spiro atoms. The molecule has 70 valence electrons. The average Bonchev–Trinajstić information content (AvgIpc) is 2.57. The fourth-order valence-corrected chi connectivity index (χ4v) is 2.18. The third-order valence-electron chi connectivity index (χ3n) is 2.33. The maximum absolute atomic E-state index is 8.68. The van der Waals surface area contributed by atoms with Gasteiger partial charge in [0.15, 0.2) is 0 Å². The topological polar surface area (TPSA) is 39.6 Å². The van der Waals surface area contributed by atoms with Crippen molar-refractivity contribution in [2.75, 3.05) is 0 Å². The van der Waals surface area contributed by atoms with Crippen LogP contribution in [0.25, 0.3) is 10.9 Å². The first-order chi connectivity index (χ1) is 6.74. The van der Waals surface area contributed by atoms with Gasteiger partial charge in [-0.3, -0.25) is 0 Å². The summed E-state index contributed by atoms with van der Waals surface area (Å²) in [6.45, 7) is 2.05. The highest BCUT2D eigenvalue weighted by Gasteiger charge is 2.08. The van der Waals surface area contributed by atoms with Gasteiger partial charge in [-0.25, -0.2) is 0 Å². The predicted molar refractivity (Wildman–Crippen MR) is 60.1 cm³/mol. The summed E-state index contributed by atoms with van der Waals surface area (Å²) in [5.74, 6) is 0. The van der Waals surface area contributed by atoms with Crippen LogP contribution in [0.4, 0.5) is 0 Å². The van der Waals surface area contributed by atoms with Gasteiger partial charge in [0.25, 0.3) is 0 Å². The molecule has 1 aromatic heterocycles. The smallest absolute Gasteiger partial charge is 0.0670 e. The lowest BCUT2D eigenvalue weighted by atomic mass is 10.1. The number of benzene rings is 1.